The zero-order chi connectivity index (χ0) is 22.2. The lowest BCUT2D eigenvalue weighted by Gasteiger charge is -2.31. The summed E-state index contributed by atoms with van der Waals surface area (Å²) >= 11 is 6.13. The fourth-order valence-corrected chi connectivity index (χ4v) is 5.51. The van der Waals surface area contributed by atoms with Gasteiger partial charge in [-0.3, -0.25) is 9.36 Å². The van der Waals surface area contributed by atoms with Crippen LogP contribution in [0.15, 0.2) is 56.6 Å². The van der Waals surface area contributed by atoms with E-state index in [1.165, 1.54) is 21.0 Å². The van der Waals surface area contributed by atoms with E-state index in [0.29, 0.717) is 29.9 Å². The first-order valence-corrected chi connectivity index (χ1v) is 11.7. The number of nitrogens with zero attached hydrogens (tertiary/aromatic N) is 2. The predicted octanol–water partition coefficient (Wildman–Crippen LogP) is 2.50. The molecular weight excluding hydrogens is 442 g/mol. The highest BCUT2D eigenvalue weighted by Gasteiger charge is 2.33. The molecule has 1 aromatic heterocycles. The van der Waals surface area contributed by atoms with E-state index in [1.54, 1.807) is 19.2 Å². The van der Waals surface area contributed by atoms with E-state index in [2.05, 4.69) is 5.32 Å². The molecule has 8 nitrogen and oxygen atoms in total. The van der Waals surface area contributed by atoms with Gasteiger partial charge in [0.25, 0.3) is 0 Å². The maximum absolute atomic E-state index is 13.2. The maximum Gasteiger partial charge on any atom is 0.419 e. The van der Waals surface area contributed by atoms with Crippen LogP contribution in [0.4, 0.5) is 0 Å². The van der Waals surface area contributed by atoms with Gasteiger partial charge in [-0.1, -0.05) is 29.8 Å². The van der Waals surface area contributed by atoms with Gasteiger partial charge in [0.1, 0.15) is 0 Å². The summed E-state index contributed by atoms with van der Waals surface area (Å²) in [7, 11) is -2.28. The van der Waals surface area contributed by atoms with E-state index in [-0.39, 0.29) is 29.5 Å². The Morgan fingerprint density at radius 1 is 1.26 bits per heavy atom. The number of fused-ring (bicyclic) bond motifs is 1. The molecule has 4 rings (SSSR count). The van der Waals surface area contributed by atoms with Gasteiger partial charge in [0.2, 0.25) is 15.9 Å². The molecule has 1 aliphatic heterocycles. The fraction of sp³-hybridized carbons (Fsp3) is 0.333. The largest absolute Gasteiger partial charge is 0.419 e. The lowest BCUT2D eigenvalue weighted by atomic mass is 9.99. The molecule has 1 aliphatic rings. The van der Waals surface area contributed by atoms with Gasteiger partial charge in [-0.25, -0.2) is 13.2 Å². The molecule has 10 heteroatoms. The monoisotopic (exact) mass is 463 g/mol. The van der Waals surface area contributed by atoms with Crippen LogP contribution in [0.3, 0.4) is 0 Å². The molecule has 1 N–H and O–H groups in total. The second-order valence-electron chi connectivity index (χ2n) is 7.57. The Morgan fingerprint density at radius 3 is 2.81 bits per heavy atom. The van der Waals surface area contributed by atoms with E-state index < -0.39 is 21.7 Å². The number of amides is 1. The third-order valence-electron chi connectivity index (χ3n) is 5.57. The summed E-state index contributed by atoms with van der Waals surface area (Å²) in [5.74, 6) is -1.22. The molecule has 0 spiro atoms. The molecular formula is C21H22ClN3O5S. The first-order chi connectivity index (χ1) is 14.8. The van der Waals surface area contributed by atoms with Crippen molar-refractivity contribution in [2.24, 2.45) is 13.0 Å². The molecule has 2 aromatic carbocycles. The average Bonchev–Trinajstić information content (AvgIpc) is 3.06. The van der Waals surface area contributed by atoms with Crippen LogP contribution >= 0.6 is 11.6 Å². The topological polar surface area (TPSA) is 102 Å². The van der Waals surface area contributed by atoms with Gasteiger partial charge in [-0.2, -0.15) is 4.31 Å². The number of carbonyl (C=O) groups excluding carboxylic acids is 1. The molecule has 164 valence electrons. The zero-order valence-electron chi connectivity index (χ0n) is 16.9. The summed E-state index contributed by atoms with van der Waals surface area (Å²) in [6.07, 6.45) is 1.18. The third kappa shape index (κ3) is 4.26. The standard InChI is InChI=1S/C21H22ClN3O5S/c1-24-18-9-8-16(11-19(18)30-21(24)27)31(28,29)25-10-4-6-15(13-25)20(26)23-12-14-5-2-3-7-17(14)22/h2-3,5,7-9,11,15H,4,6,10,12-13H2,1H3,(H,23,26)/t15-/m1/s1. The van der Waals surface area contributed by atoms with Crippen LogP contribution in [0.5, 0.6) is 0 Å². The summed E-state index contributed by atoms with van der Waals surface area (Å²) in [4.78, 5) is 24.4. The van der Waals surface area contributed by atoms with Gasteiger partial charge in [-0.15, -0.1) is 0 Å². The van der Waals surface area contributed by atoms with Crippen LogP contribution in [0.2, 0.25) is 5.02 Å². The predicted molar refractivity (Wildman–Crippen MR) is 116 cm³/mol. The molecule has 0 aliphatic carbocycles. The summed E-state index contributed by atoms with van der Waals surface area (Å²) in [6, 6.07) is 11.6. The number of benzene rings is 2. The lowest BCUT2D eigenvalue weighted by molar-refractivity contribution is -0.126. The Hall–Kier alpha value is -2.62. The van der Waals surface area contributed by atoms with Gasteiger partial charge >= 0.3 is 5.76 Å². The average molecular weight is 464 g/mol. The second-order valence-corrected chi connectivity index (χ2v) is 9.91. The van der Waals surface area contributed by atoms with E-state index in [1.807, 2.05) is 18.2 Å². The zero-order valence-corrected chi connectivity index (χ0v) is 18.4. The Balaban J connectivity index is 1.49. The summed E-state index contributed by atoms with van der Waals surface area (Å²) in [6.45, 7) is 0.701. The Bertz CT molecular complexity index is 1300. The summed E-state index contributed by atoms with van der Waals surface area (Å²) < 4.78 is 34.1. The maximum atomic E-state index is 13.2. The van der Waals surface area contributed by atoms with Crippen LogP contribution in [-0.2, 0) is 28.4 Å². The highest BCUT2D eigenvalue weighted by molar-refractivity contribution is 7.89. The number of aryl methyl sites for hydroxylation is 1. The molecule has 2 heterocycles. The summed E-state index contributed by atoms with van der Waals surface area (Å²) in [5, 5.41) is 3.43. The van der Waals surface area contributed by atoms with Crippen molar-refractivity contribution in [2.75, 3.05) is 13.1 Å². The van der Waals surface area contributed by atoms with Gasteiger partial charge in [0.15, 0.2) is 5.58 Å². The quantitative estimate of drug-likeness (QED) is 0.626. The van der Waals surface area contributed by atoms with Crippen molar-refractivity contribution in [2.45, 2.75) is 24.3 Å². The SMILES string of the molecule is Cn1c(=O)oc2cc(S(=O)(=O)N3CCC[C@@H](C(=O)NCc4ccccc4Cl)C3)ccc21. The number of hydrogen-bond donors (Lipinski definition) is 1. The number of rotatable bonds is 5. The molecule has 0 bridgehead atoms. The smallest absolute Gasteiger partial charge is 0.408 e. The number of hydrogen-bond acceptors (Lipinski definition) is 5. The lowest BCUT2D eigenvalue weighted by Crippen LogP contribution is -2.45. The number of sulfonamides is 1. The fourth-order valence-electron chi connectivity index (χ4n) is 3.77. The van der Waals surface area contributed by atoms with Crippen molar-refractivity contribution in [3.05, 3.63) is 63.6 Å². The third-order valence-corrected chi connectivity index (χ3v) is 7.80. The minimum absolute atomic E-state index is 0.0338. The molecule has 31 heavy (non-hydrogen) atoms. The van der Waals surface area contributed by atoms with Crippen molar-refractivity contribution in [1.82, 2.24) is 14.2 Å². The Kier molecular flexibility index (Phi) is 5.92. The highest BCUT2D eigenvalue weighted by atomic mass is 35.5. The first-order valence-electron chi connectivity index (χ1n) is 9.88. The van der Waals surface area contributed by atoms with Gasteiger partial charge in [0.05, 0.1) is 16.3 Å². The number of oxazole rings is 1. The van der Waals surface area contributed by atoms with Gasteiger partial charge in [-0.05, 0) is 36.6 Å². The Labute approximate surface area is 184 Å². The number of aromatic nitrogens is 1. The van der Waals surface area contributed by atoms with Crippen LogP contribution in [0.1, 0.15) is 18.4 Å². The first kappa shape index (κ1) is 21.6. The second kappa shape index (κ2) is 8.49. The highest BCUT2D eigenvalue weighted by Crippen LogP contribution is 2.26. The van der Waals surface area contributed by atoms with E-state index in [0.717, 1.165) is 5.56 Å². The van der Waals surface area contributed by atoms with Crippen LogP contribution < -0.4 is 11.1 Å². The number of halogens is 1. The number of nitrogens with one attached hydrogen (secondary N) is 1. The van der Waals surface area contributed by atoms with Crippen LogP contribution in [-0.4, -0.2) is 36.3 Å². The van der Waals surface area contributed by atoms with Crippen LogP contribution in [0, 0.1) is 5.92 Å². The van der Waals surface area contributed by atoms with Crippen molar-refractivity contribution >= 4 is 38.6 Å². The molecule has 1 amide bonds. The van der Waals surface area contributed by atoms with Crippen molar-refractivity contribution in [3.63, 3.8) is 0 Å². The minimum atomic E-state index is -3.84. The molecule has 3 aromatic rings. The normalized spacial score (nSPS) is 17.7. The molecule has 0 saturated carbocycles. The number of piperidine rings is 1. The molecule has 0 radical (unpaired) electrons. The number of carbonyl (C=O) groups is 1. The summed E-state index contributed by atoms with van der Waals surface area (Å²) in [5.41, 5.74) is 1.52. The van der Waals surface area contributed by atoms with E-state index >= 15 is 0 Å². The van der Waals surface area contributed by atoms with Crippen molar-refractivity contribution < 1.29 is 17.6 Å². The molecule has 1 saturated heterocycles. The van der Waals surface area contributed by atoms with Gasteiger partial charge in [0, 0.05) is 37.8 Å². The van der Waals surface area contributed by atoms with E-state index in [9.17, 15) is 18.0 Å². The molecule has 0 unspecified atom stereocenters. The molecule has 1 fully saturated rings. The van der Waals surface area contributed by atoms with Crippen molar-refractivity contribution in [3.8, 4) is 0 Å². The minimum Gasteiger partial charge on any atom is -0.408 e. The van der Waals surface area contributed by atoms with E-state index in [4.69, 9.17) is 16.0 Å². The van der Waals surface area contributed by atoms with Crippen molar-refractivity contribution in [1.29, 1.82) is 0 Å². The van der Waals surface area contributed by atoms with Crippen LogP contribution in [0.25, 0.3) is 11.1 Å². The van der Waals surface area contributed by atoms with Gasteiger partial charge < -0.3 is 9.73 Å². The molecule has 1 atom stereocenters. The Morgan fingerprint density at radius 2 is 2.03 bits per heavy atom.